The summed E-state index contributed by atoms with van der Waals surface area (Å²) in [4.78, 5) is 25.3. The molecule has 1 aromatic rings. The van der Waals surface area contributed by atoms with Crippen molar-refractivity contribution in [3.63, 3.8) is 0 Å². The van der Waals surface area contributed by atoms with E-state index in [9.17, 15) is 30.2 Å². The number of carbonyl (C=O) groups excluding carboxylic acids is 1. The first kappa shape index (κ1) is 18.0. The molecule has 1 aliphatic rings. The number of hydrogen-bond acceptors (Lipinski definition) is 9. The Labute approximate surface area is 136 Å². The van der Waals surface area contributed by atoms with Crippen LogP contribution in [0.15, 0.2) is 18.3 Å². The second kappa shape index (κ2) is 7.49. The molecule has 24 heavy (non-hydrogen) atoms. The maximum absolute atomic E-state index is 11.3. The number of nitrogens with zero attached hydrogens (tertiary/aromatic N) is 2. The van der Waals surface area contributed by atoms with Crippen molar-refractivity contribution in [1.29, 1.82) is 0 Å². The zero-order valence-electron chi connectivity index (χ0n) is 12.6. The fourth-order valence-corrected chi connectivity index (χ4v) is 2.29. The van der Waals surface area contributed by atoms with Gasteiger partial charge in [-0.15, -0.1) is 0 Å². The minimum Gasteiger partial charge on any atom is -0.440 e. The first-order valence-corrected chi connectivity index (χ1v) is 7.00. The molecule has 0 aliphatic carbocycles. The standard InChI is InChI=1S/C13H17N3O8/c1-6(18)15-9-11(20)10(19)8(5-17)23-13(9)24-12-7(16(21)22)3-2-4-14-12/h2-4,8-11,13,17,19-20H,5H2,1H3,(H,15,18)/t8-,9-,10-,11-,13+/m1/s1. The Hall–Kier alpha value is -2.34. The normalized spacial score (nSPS) is 29.8. The minimum absolute atomic E-state index is 0.386. The zero-order valence-corrected chi connectivity index (χ0v) is 12.6. The van der Waals surface area contributed by atoms with Gasteiger partial charge in [-0.3, -0.25) is 14.9 Å². The van der Waals surface area contributed by atoms with Gasteiger partial charge in [0.15, 0.2) is 0 Å². The fraction of sp³-hybridized carbons (Fsp3) is 0.538. The van der Waals surface area contributed by atoms with Crippen molar-refractivity contribution < 1.29 is 34.5 Å². The van der Waals surface area contributed by atoms with Crippen LogP contribution in [0.3, 0.4) is 0 Å². The Morgan fingerprint density at radius 3 is 2.79 bits per heavy atom. The van der Waals surface area contributed by atoms with E-state index < -0.39 is 53.8 Å². The molecule has 0 aromatic carbocycles. The quantitative estimate of drug-likeness (QED) is 0.360. The van der Waals surface area contributed by atoms with Crippen LogP contribution in [0.1, 0.15) is 6.92 Å². The number of aromatic nitrogens is 1. The van der Waals surface area contributed by atoms with Crippen LogP contribution in [0, 0.1) is 10.1 Å². The molecule has 0 radical (unpaired) electrons. The van der Waals surface area contributed by atoms with E-state index in [-0.39, 0.29) is 5.88 Å². The molecule has 11 heteroatoms. The minimum atomic E-state index is -1.52. The van der Waals surface area contributed by atoms with Crippen LogP contribution in [0.4, 0.5) is 5.69 Å². The topological polar surface area (TPSA) is 164 Å². The summed E-state index contributed by atoms with van der Waals surface area (Å²) in [5, 5.41) is 42.6. The number of aliphatic hydroxyl groups is 3. The monoisotopic (exact) mass is 343 g/mol. The average molecular weight is 343 g/mol. The molecule has 2 heterocycles. The van der Waals surface area contributed by atoms with Gasteiger partial charge in [0.25, 0.3) is 5.88 Å². The molecule has 0 bridgehead atoms. The van der Waals surface area contributed by atoms with Crippen LogP contribution in [0.5, 0.6) is 5.88 Å². The number of nitro groups is 1. The summed E-state index contributed by atoms with van der Waals surface area (Å²) in [6.45, 7) is 0.548. The van der Waals surface area contributed by atoms with Gasteiger partial charge in [-0.1, -0.05) is 0 Å². The van der Waals surface area contributed by atoms with E-state index in [1.54, 1.807) is 0 Å². The van der Waals surface area contributed by atoms with Gasteiger partial charge in [0.2, 0.25) is 12.2 Å². The molecule has 0 unspecified atom stereocenters. The molecule has 2 rings (SSSR count). The first-order chi connectivity index (χ1) is 11.3. The Bertz CT molecular complexity index is 613. The number of aliphatic hydroxyl groups excluding tert-OH is 3. The molecule has 11 nitrogen and oxygen atoms in total. The maximum atomic E-state index is 11.3. The van der Waals surface area contributed by atoms with Crippen molar-refractivity contribution in [2.45, 2.75) is 37.6 Å². The highest BCUT2D eigenvalue weighted by Crippen LogP contribution is 2.28. The van der Waals surface area contributed by atoms with Crippen molar-refractivity contribution in [2.75, 3.05) is 6.61 Å². The van der Waals surface area contributed by atoms with Crippen molar-refractivity contribution in [2.24, 2.45) is 0 Å². The van der Waals surface area contributed by atoms with Crippen molar-refractivity contribution in [3.8, 4) is 5.88 Å². The van der Waals surface area contributed by atoms with Crippen LogP contribution in [0.25, 0.3) is 0 Å². The number of ether oxygens (including phenoxy) is 2. The summed E-state index contributed by atoms with van der Waals surface area (Å²) in [7, 11) is 0. The second-order valence-corrected chi connectivity index (χ2v) is 5.14. The third kappa shape index (κ3) is 3.76. The number of rotatable bonds is 5. The predicted molar refractivity (Wildman–Crippen MR) is 76.9 cm³/mol. The van der Waals surface area contributed by atoms with Gasteiger partial charge in [0.1, 0.15) is 24.4 Å². The van der Waals surface area contributed by atoms with Gasteiger partial charge < -0.3 is 30.1 Å². The van der Waals surface area contributed by atoms with Crippen molar-refractivity contribution >= 4 is 11.6 Å². The SMILES string of the molecule is CC(=O)N[C@H]1[C@H](Oc2ncccc2[N+](=O)[O-])O[C@H](CO)[C@@H](O)[C@@H]1O. The maximum Gasteiger partial charge on any atom is 0.331 e. The number of amides is 1. The third-order valence-corrected chi connectivity index (χ3v) is 3.43. The lowest BCUT2D eigenvalue weighted by atomic mass is 9.97. The smallest absolute Gasteiger partial charge is 0.331 e. The van der Waals surface area contributed by atoms with Gasteiger partial charge in [-0.25, -0.2) is 4.98 Å². The molecule has 5 atom stereocenters. The molecule has 0 spiro atoms. The summed E-state index contributed by atoms with van der Waals surface area (Å²) in [6, 6.07) is 1.28. The zero-order chi connectivity index (χ0) is 17.9. The predicted octanol–water partition coefficient (Wildman–Crippen LogP) is -1.69. The van der Waals surface area contributed by atoms with Crippen molar-refractivity contribution in [1.82, 2.24) is 10.3 Å². The highest BCUT2D eigenvalue weighted by atomic mass is 16.7. The molecule has 1 fully saturated rings. The van der Waals surface area contributed by atoms with E-state index in [0.717, 1.165) is 6.07 Å². The van der Waals surface area contributed by atoms with Gasteiger partial charge in [0, 0.05) is 19.2 Å². The molecule has 0 saturated carbocycles. The molecule has 4 N–H and O–H groups in total. The average Bonchev–Trinajstić information content (AvgIpc) is 2.54. The summed E-state index contributed by atoms with van der Waals surface area (Å²) in [5.41, 5.74) is -0.441. The first-order valence-electron chi connectivity index (χ1n) is 7.00. The second-order valence-electron chi connectivity index (χ2n) is 5.14. The molecular weight excluding hydrogens is 326 g/mol. The third-order valence-electron chi connectivity index (χ3n) is 3.43. The highest BCUT2D eigenvalue weighted by Gasteiger charge is 2.46. The van der Waals surface area contributed by atoms with Crippen LogP contribution in [0.2, 0.25) is 0 Å². The van der Waals surface area contributed by atoms with E-state index in [2.05, 4.69) is 10.3 Å². The molecule has 1 aromatic heterocycles. The lowest BCUT2D eigenvalue weighted by molar-refractivity contribution is -0.387. The number of hydrogen-bond donors (Lipinski definition) is 4. The Morgan fingerprint density at radius 1 is 1.50 bits per heavy atom. The fourth-order valence-electron chi connectivity index (χ4n) is 2.29. The molecule has 1 amide bonds. The van der Waals surface area contributed by atoms with Crippen molar-refractivity contribution in [3.05, 3.63) is 28.4 Å². The summed E-state index contributed by atoms with van der Waals surface area (Å²) >= 11 is 0. The van der Waals surface area contributed by atoms with Gasteiger partial charge >= 0.3 is 5.69 Å². The molecular formula is C13H17N3O8. The summed E-state index contributed by atoms with van der Waals surface area (Å²) in [5.74, 6) is -0.926. The van der Waals surface area contributed by atoms with Crippen LogP contribution in [-0.2, 0) is 9.53 Å². The lowest BCUT2D eigenvalue weighted by Gasteiger charge is -2.41. The van der Waals surface area contributed by atoms with Gasteiger partial charge in [0.05, 0.1) is 11.5 Å². The molecule has 1 saturated heterocycles. The molecule has 1 aliphatic heterocycles. The highest BCUT2D eigenvalue weighted by molar-refractivity contribution is 5.73. The van der Waals surface area contributed by atoms with Gasteiger partial charge in [-0.05, 0) is 6.07 Å². The number of carbonyl (C=O) groups is 1. The van der Waals surface area contributed by atoms with E-state index >= 15 is 0 Å². The number of nitrogens with one attached hydrogen (secondary N) is 1. The summed E-state index contributed by atoms with van der Waals surface area (Å²) in [6.07, 6.45) is -4.35. The van der Waals surface area contributed by atoms with Gasteiger partial charge in [-0.2, -0.15) is 0 Å². The Balaban J connectivity index is 2.30. The van der Waals surface area contributed by atoms with E-state index in [4.69, 9.17) is 9.47 Å². The number of pyridine rings is 1. The van der Waals surface area contributed by atoms with Crippen LogP contribution >= 0.6 is 0 Å². The van der Waals surface area contributed by atoms with E-state index in [0.29, 0.717) is 0 Å². The Morgan fingerprint density at radius 2 is 2.21 bits per heavy atom. The van der Waals surface area contributed by atoms with E-state index in [1.165, 1.54) is 19.2 Å². The molecule has 132 valence electrons. The van der Waals surface area contributed by atoms with E-state index in [1.807, 2.05) is 0 Å². The van der Waals surface area contributed by atoms with Crippen LogP contribution < -0.4 is 10.1 Å². The van der Waals surface area contributed by atoms with Crippen LogP contribution in [-0.4, -0.2) is 68.4 Å². The largest absolute Gasteiger partial charge is 0.440 e. The Kier molecular flexibility index (Phi) is 5.62. The lowest BCUT2D eigenvalue weighted by Crippen LogP contribution is -2.65. The summed E-state index contributed by atoms with van der Waals surface area (Å²) < 4.78 is 10.7.